The molecule has 1 rings (SSSR count). The van der Waals surface area contributed by atoms with Crippen molar-refractivity contribution in [2.75, 3.05) is 26.1 Å². The number of halogens is 1. The predicted molar refractivity (Wildman–Crippen MR) is 61.4 cm³/mol. The molecule has 0 radical (unpaired) electrons. The number of carbonyl (C=O) groups excluding carboxylic acids is 1. The van der Waals surface area contributed by atoms with Gasteiger partial charge < -0.3 is 20.5 Å². The van der Waals surface area contributed by atoms with Gasteiger partial charge in [0.1, 0.15) is 17.7 Å². The van der Waals surface area contributed by atoms with Crippen molar-refractivity contribution in [2.45, 2.75) is 6.10 Å². The highest BCUT2D eigenvalue weighted by Crippen LogP contribution is 2.25. The molecule has 0 fully saturated rings. The van der Waals surface area contributed by atoms with Crippen LogP contribution in [-0.2, 0) is 9.53 Å². The van der Waals surface area contributed by atoms with Crippen molar-refractivity contribution in [1.82, 2.24) is 0 Å². The van der Waals surface area contributed by atoms with Gasteiger partial charge in [-0.05, 0) is 12.1 Å². The number of amides is 1. The summed E-state index contributed by atoms with van der Waals surface area (Å²) >= 11 is 0. The van der Waals surface area contributed by atoms with Gasteiger partial charge in [-0.2, -0.15) is 0 Å². The van der Waals surface area contributed by atoms with E-state index >= 15 is 0 Å². The fourth-order valence-electron chi connectivity index (χ4n) is 1.29. The monoisotopic (exact) mass is 242 g/mol. The molecule has 1 aromatic carbocycles. The fourth-order valence-corrected chi connectivity index (χ4v) is 1.29. The van der Waals surface area contributed by atoms with Crippen molar-refractivity contribution in [1.29, 1.82) is 0 Å². The normalized spacial score (nSPS) is 12.0. The Labute approximate surface area is 98.7 Å². The molecule has 6 heteroatoms. The average molecular weight is 242 g/mol. The summed E-state index contributed by atoms with van der Waals surface area (Å²) in [7, 11) is 2.78. The molecule has 1 aromatic rings. The van der Waals surface area contributed by atoms with Crippen LogP contribution in [0.4, 0.5) is 10.1 Å². The van der Waals surface area contributed by atoms with Crippen LogP contribution >= 0.6 is 0 Å². The lowest BCUT2D eigenvalue weighted by Gasteiger charge is -2.14. The Morgan fingerprint density at radius 1 is 1.53 bits per heavy atom. The van der Waals surface area contributed by atoms with Gasteiger partial charge in [0.25, 0.3) is 5.91 Å². The smallest absolute Gasteiger partial charge is 0.254 e. The summed E-state index contributed by atoms with van der Waals surface area (Å²) in [4.78, 5) is 11.7. The molecule has 0 aliphatic rings. The first kappa shape index (κ1) is 13.4. The SMILES string of the molecule is COc1cc(F)ccc1NC(=O)C(CN)OC. The minimum atomic E-state index is -0.746. The molecule has 1 atom stereocenters. The number of methoxy groups -OCH3 is 2. The summed E-state index contributed by atoms with van der Waals surface area (Å²) in [6, 6.07) is 3.82. The standard InChI is InChI=1S/C11H15FN2O3/c1-16-9-5-7(12)3-4-8(9)14-11(15)10(6-13)17-2/h3-5,10H,6,13H2,1-2H3,(H,14,15). The number of nitrogens with two attached hydrogens (primary N) is 1. The zero-order chi connectivity index (χ0) is 12.8. The molecule has 0 bridgehead atoms. The van der Waals surface area contributed by atoms with E-state index in [0.717, 1.165) is 0 Å². The van der Waals surface area contributed by atoms with Gasteiger partial charge in [-0.15, -0.1) is 0 Å². The lowest BCUT2D eigenvalue weighted by molar-refractivity contribution is -0.125. The van der Waals surface area contributed by atoms with E-state index < -0.39 is 17.8 Å². The Kier molecular flexibility index (Phi) is 4.86. The molecule has 1 amide bonds. The van der Waals surface area contributed by atoms with E-state index in [0.29, 0.717) is 5.69 Å². The number of rotatable bonds is 5. The van der Waals surface area contributed by atoms with Gasteiger partial charge >= 0.3 is 0 Å². The van der Waals surface area contributed by atoms with E-state index in [1.807, 2.05) is 0 Å². The minimum absolute atomic E-state index is 0.0614. The topological polar surface area (TPSA) is 73.6 Å². The lowest BCUT2D eigenvalue weighted by Crippen LogP contribution is -2.36. The van der Waals surface area contributed by atoms with Crippen molar-refractivity contribution in [3.8, 4) is 5.75 Å². The summed E-state index contributed by atoms with van der Waals surface area (Å²) in [6.07, 6.45) is -0.746. The average Bonchev–Trinajstić information content (AvgIpc) is 2.33. The molecule has 0 saturated carbocycles. The number of ether oxygens (including phenoxy) is 2. The number of anilines is 1. The Morgan fingerprint density at radius 2 is 2.24 bits per heavy atom. The molecule has 1 unspecified atom stereocenters. The van der Waals surface area contributed by atoms with Crippen LogP contribution in [0.3, 0.4) is 0 Å². The van der Waals surface area contributed by atoms with Crippen LogP contribution in [0.25, 0.3) is 0 Å². The van der Waals surface area contributed by atoms with Crippen molar-refractivity contribution in [3.63, 3.8) is 0 Å². The molecule has 0 spiro atoms. The lowest BCUT2D eigenvalue weighted by atomic mass is 10.2. The van der Waals surface area contributed by atoms with E-state index in [1.54, 1.807) is 0 Å². The van der Waals surface area contributed by atoms with E-state index in [2.05, 4.69) is 5.32 Å². The Balaban J connectivity index is 2.84. The minimum Gasteiger partial charge on any atom is -0.494 e. The summed E-state index contributed by atoms with van der Waals surface area (Å²) in [5.74, 6) is -0.605. The zero-order valence-corrected chi connectivity index (χ0v) is 9.70. The van der Waals surface area contributed by atoms with Crippen molar-refractivity contribution in [3.05, 3.63) is 24.0 Å². The third-order valence-electron chi connectivity index (χ3n) is 2.21. The van der Waals surface area contributed by atoms with Gasteiger partial charge in [-0.1, -0.05) is 0 Å². The maximum Gasteiger partial charge on any atom is 0.254 e. The molecular weight excluding hydrogens is 227 g/mol. The first-order valence-corrected chi connectivity index (χ1v) is 4.99. The largest absolute Gasteiger partial charge is 0.494 e. The van der Waals surface area contributed by atoms with Crippen molar-refractivity contribution < 1.29 is 18.7 Å². The highest BCUT2D eigenvalue weighted by atomic mass is 19.1. The van der Waals surface area contributed by atoms with Gasteiger partial charge in [0.05, 0.1) is 12.8 Å². The van der Waals surface area contributed by atoms with E-state index in [1.165, 1.54) is 32.4 Å². The first-order chi connectivity index (χ1) is 8.12. The van der Waals surface area contributed by atoms with Crippen LogP contribution in [0.2, 0.25) is 0 Å². The molecule has 0 aliphatic heterocycles. The molecule has 0 aliphatic carbocycles. The molecule has 3 N–H and O–H groups in total. The molecule has 17 heavy (non-hydrogen) atoms. The number of hydrogen-bond donors (Lipinski definition) is 2. The molecule has 5 nitrogen and oxygen atoms in total. The zero-order valence-electron chi connectivity index (χ0n) is 9.70. The third-order valence-corrected chi connectivity index (χ3v) is 2.21. The van der Waals surface area contributed by atoms with Crippen molar-refractivity contribution in [2.24, 2.45) is 5.73 Å². The Bertz CT molecular complexity index is 394. The Morgan fingerprint density at radius 3 is 2.76 bits per heavy atom. The second-order valence-corrected chi connectivity index (χ2v) is 3.29. The summed E-state index contributed by atoms with van der Waals surface area (Å²) in [5, 5.41) is 2.56. The molecule has 94 valence electrons. The number of nitrogens with one attached hydrogen (secondary N) is 1. The van der Waals surface area contributed by atoms with Gasteiger partial charge in [0, 0.05) is 19.7 Å². The van der Waals surface area contributed by atoms with Crippen LogP contribution in [0.1, 0.15) is 0 Å². The number of carbonyl (C=O) groups is 1. The summed E-state index contributed by atoms with van der Waals surface area (Å²) in [6.45, 7) is 0.0614. The molecule has 0 saturated heterocycles. The van der Waals surface area contributed by atoms with Gasteiger partial charge in [0.15, 0.2) is 0 Å². The molecular formula is C11H15FN2O3. The van der Waals surface area contributed by atoms with Crippen LogP contribution in [0.15, 0.2) is 18.2 Å². The third kappa shape index (κ3) is 3.40. The number of hydrogen-bond acceptors (Lipinski definition) is 4. The summed E-state index contributed by atoms with van der Waals surface area (Å²) < 4.78 is 22.8. The fraction of sp³-hybridized carbons (Fsp3) is 0.364. The van der Waals surface area contributed by atoms with Crippen molar-refractivity contribution >= 4 is 11.6 Å². The van der Waals surface area contributed by atoms with Gasteiger partial charge in [-0.3, -0.25) is 4.79 Å². The van der Waals surface area contributed by atoms with Gasteiger partial charge in [-0.25, -0.2) is 4.39 Å². The quantitative estimate of drug-likeness (QED) is 0.799. The van der Waals surface area contributed by atoms with E-state index in [-0.39, 0.29) is 12.3 Å². The predicted octanol–water partition coefficient (Wildman–Crippen LogP) is 0.746. The maximum atomic E-state index is 12.9. The first-order valence-electron chi connectivity index (χ1n) is 4.99. The van der Waals surface area contributed by atoms with Gasteiger partial charge in [0.2, 0.25) is 0 Å². The number of benzene rings is 1. The van der Waals surface area contributed by atoms with Crippen LogP contribution in [0.5, 0.6) is 5.75 Å². The van der Waals surface area contributed by atoms with E-state index in [4.69, 9.17) is 15.2 Å². The van der Waals surface area contributed by atoms with Crippen LogP contribution in [0, 0.1) is 5.82 Å². The van der Waals surface area contributed by atoms with E-state index in [9.17, 15) is 9.18 Å². The molecule has 0 aromatic heterocycles. The second kappa shape index (κ2) is 6.17. The molecule has 0 heterocycles. The highest BCUT2D eigenvalue weighted by Gasteiger charge is 2.17. The second-order valence-electron chi connectivity index (χ2n) is 3.29. The highest BCUT2D eigenvalue weighted by molar-refractivity contribution is 5.95. The van der Waals surface area contributed by atoms with Crippen LogP contribution in [-0.4, -0.2) is 32.8 Å². The summed E-state index contributed by atoms with van der Waals surface area (Å²) in [5.41, 5.74) is 5.73. The Hall–Kier alpha value is -1.66. The maximum absolute atomic E-state index is 12.9. The van der Waals surface area contributed by atoms with Crippen LogP contribution < -0.4 is 15.8 Å².